The zero-order valence-electron chi connectivity index (χ0n) is 9.29. The van der Waals surface area contributed by atoms with Gasteiger partial charge in [0.05, 0.1) is 0 Å². The Balaban J connectivity index is 2.66. The molecule has 20 heavy (non-hydrogen) atoms. The highest BCUT2D eigenvalue weighted by Crippen LogP contribution is 2.81. The number of hydrogen-bond acceptors (Lipinski definition) is 4. The first-order chi connectivity index (χ1) is 9.09. The van der Waals surface area contributed by atoms with Crippen LogP contribution in [0.5, 0.6) is 0 Å². The smallest absolute Gasteiger partial charge is 0.197 e. The largest absolute Gasteiger partial charge is 0.284 e. The highest BCUT2D eigenvalue weighted by atomic mass is 36.0. The summed E-state index contributed by atoms with van der Waals surface area (Å²) in [5.74, 6) is -2.77. The van der Waals surface area contributed by atoms with Crippen LogP contribution in [0.2, 0.25) is 0 Å². The Kier molecular flexibility index (Phi) is 5.69. The highest BCUT2D eigenvalue weighted by molar-refractivity contribution is 8.28. The first kappa shape index (κ1) is 17.7. The van der Waals surface area contributed by atoms with Crippen molar-refractivity contribution in [3.63, 3.8) is 0 Å². The van der Waals surface area contributed by atoms with E-state index in [1.165, 1.54) is 0 Å². The third-order valence-electron chi connectivity index (χ3n) is 1.91. The summed E-state index contributed by atoms with van der Waals surface area (Å²) in [7, 11) is 0. The molecule has 0 spiro atoms. The molecule has 0 saturated carbocycles. The number of amidine groups is 1. The van der Waals surface area contributed by atoms with Crippen molar-refractivity contribution in [2.24, 2.45) is 18.5 Å². The first-order valence-electron chi connectivity index (χ1n) is 4.82. The Bertz CT molecular complexity index is 709. The molecule has 13 heteroatoms. The van der Waals surface area contributed by atoms with Crippen LogP contribution in [0.3, 0.4) is 0 Å². The lowest BCUT2D eigenvalue weighted by atomic mass is 10.2. The van der Waals surface area contributed by atoms with Crippen LogP contribution in [0.25, 0.3) is 0 Å². The van der Waals surface area contributed by atoms with E-state index in [0.717, 1.165) is 0 Å². The predicted octanol–water partition coefficient (Wildman–Crippen LogP) is 8.72. The summed E-state index contributed by atoms with van der Waals surface area (Å²) >= 11 is 35.6. The van der Waals surface area contributed by atoms with Gasteiger partial charge in [-0.2, -0.15) is 18.5 Å². The number of hydrogen-bond donors (Lipinski definition) is 0. The quantitative estimate of drug-likeness (QED) is 0.404. The van der Waals surface area contributed by atoms with Crippen molar-refractivity contribution < 1.29 is 0 Å². The fourth-order valence-electron chi connectivity index (χ4n) is 1.30. The van der Waals surface area contributed by atoms with Crippen LogP contribution in [0, 0.1) is 0 Å². The standard InChI is InChI=1S/C7H5Cl6N4P3/c8-18(9,10)16-20(13)15-7(14-19(11,12)17-20)6-4-2-1-3-5-6/h1-5H. The predicted molar refractivity (Wildman–Crippen MR) is 96.1 cm³/mol. The first-order valence-corrected chi connectivity index (χ1v) is 15.3. The van der Waals surface area contributed by atoms with Crippen molar-refractivity contribution >= 4 is 91.0 Å². The topological polar surface area (TPSA) is 49.4 Å². The van der Waals surface area contributed by atoms with E-state index in [9.17, 15) is 0 Å². The Morgan fingerprint density at radius 1 is 1.00 bits per heavy atom. The number of halogens is 6. The van der Waals surface area contributed by atoms with Gasteiger partial charge in [-0.25, -0.2) is 0 Å². The molecular formula is C7H5Cl6N4P3. The molecule has 1 unspecified atom stereocenters. The molecule has 1 aliphatic heterocycles. The summed E-state index contributed by atoms with van der Waals surface area (Å²) in [5.41, 5.74) is 0.691. The summed E-state index contributed by atoms with van der Waals surface area (Å²) in [4.78, 5) is 0. The van der Waals surface area contributed by atoms with Crippen molar-refractivity contribution in [1.82, 2.24) is 0 Å². The zero-order valence-corrected chi connectivity index (χ0v) is 16.5. The summed E-state index contributed by atoms with van der Waals surface area (Å²) in [6, 6.07) is 9.05. The lowest BCUT2D eigenvalue weighted by molar-refractivity contribution is 1.53. The average molecular weight is 451 g/mol. The van der Waals surface area contributed by atoms with Gasteiger partial charge in [0.15, 0.2) is 5.84 Å². The van der Waals surface area contributed by atoms with Crippen LogP contribution in [-0.4, -0.2) is 5.84 Å². The van der Waals surface area contributed by atoms with Gasteiger partial charge in [0.1, 0.15) is 0 Å². The van der Waals surface area contributed by atoms with Crippen molar-refractivity contribution in [1.29, 1.82) is 0 Å². The molecule has 1 atom stereocenters. The summed E-state index contributed by atoms with van der Waals surface area (Å²) in [5, 5.41) is -3.11. The normalized spacial score (nSPS) is 25.2. The van der Waals surface area contributed by atoms with Crippen molar-refractivity contribution in [3.8, 4) is 0 Å². The van der Waals surface area contributed by atoms with Crippen molar-refractivity contribution in [3.05, 3.63) is 35.9 Å². The second-order valence-corrected chi connectivity index (χ2v) is 18.7. The molecule has 4 nitrogen and oxygen atoms in total. The van der Waals surface area contributed by atoms with Gasteiger partial charge in [0.25, 0.3) is 12.6 Å². The van der Waals surface area contributed by atoms with E-state index in [1.807, 2.05) is 18.2 Å². The van der Waals surface area contributed by atoms with Crippen LogP contribution >= 0.6 is 85.2 Å². The summed E-state index contributed by atoms with van der Waals surface area (Å²) in [6.45, 7) is -3.17. The van der Waals surface area contributed by atoms with E-state index < -0.39 is 17.7 Å². The van der Waals surface area contributed by atoms with Crippen LogP contribution in [-0.2, 0) is 0 Å². The van der Waals surface area contributed by atoms with E-state index in [1.54, 1.807) is 12.1 Å². The van der Waals surface area contributed by atoms with Gasteiger partial charge in [0.2, 0.25) is 5.11 Å². The number of rotatable bonds is 2. The minimum absolute atomic E-state index is 0.268. The fraction of sp³-hybridized carbons (Fsp3) is 0. The van der Waals surface area contributed by atoms with Crippen LogP contribution in [0.15, 0.2) is 48.9 Å². The van der Waals surface area contributed by atoms with Gasteiger partial charge in [-0.1, -0.05) is 30.3 Å². The molecular weight excluding hydrogens is 446 g/mol. The second-order valence-electron chi connectivity index (χ2n) is 3.44. The summed E-state index contributed by atoms with van der Waals surface area (Å²) < 4.78 is 16.2. The molecule has 0 aliphatic carbocycles. The van der Waals surface area contributed by atoms with E-state index in [4.69, 9.17) is 67.4 Å². The van der Waals surface area contributed by atoms with E-state index in [-0.39, 0.29) is 5.84 Å². The van der Waals surface area contributed by atoms with Gasteiger partial charge in [-0.05, 0) is 67.4 Å². The lowest BCUT2D eigenvalue weighted by Gasteiger charge is -2.17. The molecule has 0 aromatic heterocycles. The van der Waals surface area contributed by atoms with E-state index >= 15 is 0 Å². The third-order valence-corrected chi connectivity index (χ3v) is 11.2. The van der Waals surface area contributed by atoms with Gasteiger partial charge in [-0.3, -0.25) is 0 Å². The maximum atomic E-state index is 6.25. The third kappa shape index (κ3) is 5.20. The molecule has 1 heterocycles. The molecule has 0 N–H and O–H groups in total. The maximum absolute atomic E-state index is 6.25. The Hall–Kier alpha value is 1.32. The Morgan fingerprint density at radius 2 is 1.60 bits per heavy atom. The lowest BCUT2D eigenvalue weighted by Crippen LogP contribution is -1.96. The van der Waals surface area contributed by atoms with Gasteiger partial charge in [-0.15, -0.1) is 0 Å². The van der Waals surface area contributed by atoms with Gasteiger partial charge >= 0.3 is 0 Å². The fourth-order valence-corrected chi connectivity index (χ4v) is 13.5. The van der Waals surface area contributed by atoms with E-state index in [0.29, 0.717) is 5.56 Å². The Labute approximate surface area is 144 Å². The molecule has 1 aliphatic rings. The molecule has 0 bridgehead atoms. The molecule has 0 saturated heterocycles. The van der Waals surface area contributed by atoms with Gasteiger partial charge in [0, 0.05) is 5.56 Å². The SMILES string of the molecule is ClP(Cl)(Cl)=NP1(Cl)=NC(c2ccccc2)=NP(Cl)(Cl)=N1. The van der Waals surface area contributed by atoms with Gasteiger partial charge < -0.3 is 0 Å². The monoisotopic (exact) mass is 448 g/mol. The van der Waals surface area contributed by atoms with E-state index in [2.05, 4.69) is 18.5 Å². The Morgan fingerprint density at radius 3 is 2.15 bits per heavy atom. The molecule has 2 rings (SSSR count). The van der Waals surface area contributed by atoms with Crippen molar-refractivity contribution in [2.75, 3.05) is 0 Å². The number of benzene rings is 1. The summed E-state index contributed by atoms with van der Waals surface area (Å²) in [6.07, 6.45) is 0. The minimum Gasteiger partial charge on any atom is -0.197 e. The average Bonchev–Trinajstić information content (AvgIpc) is 2.24. The van der Waals surface area contributed by atoms with Crippen LogP contribution < -0.4 is 0 Å². The molecule has 0 radical (unpaired) electrons. The zero-order chi connectivity index (χ0) is 15.0. The number of nitrogens with zero attached hydrogens (tertiary/aromatic N) is 4. The minimum atomic E-state index is -3.17. The van der Waals surface area contributed by atoms with Crippen molar-refractivity contribution in [2.45, 2.75) is 0 Å². The second kappa shape index (κ2) is 6.44. The molecule has 1 aromatic carbocycles. The van der Waals surface area contributed by atoms with Crippen LogP contribution in [0.4, 0.5) is 0 Å². The molecule has 1 aromatic rings. The molecule has 0 amide bonds. The highest BCUT2D eigenvalue weighted by Gasteiger charge is 2.29. The molecule has 110 valence electrons. The van der Waals surface area contributed by atoms with Crippen LogP contribution in [0.1, 0.15) is 5.56 Å². The molecule has 0 fully saturated rings. The maximum Gasteiger partial charge on any atom is 0.284 e.